The van der Waals surface area contributed by atoms with Crippen molar-refractivity contribution < 1.29 is 32.2 Å². The third kappa shape index (κ3) is 9.08. The molecule has 226 valence electrons. The molecule has 42 heavy (non-hydrogen) atoms. The fraction of sp³-hybridized carbons (Fsp3) is 0.400. The summed E-state index contributed by atoms with van der Waals surface area (Å²) in [4.78, 5) is 28.1. The number of halogens is 3. The highest BCUT2D eigenvalue weighted by Crippen LogP contribution is 2.40. The summed E-state index contributed by atoms with van der Waals surface area (Å²) >= 11 is 0. The van der Waals surface area contributed by atoms with Crippen LogP contribution in [0.25, 0.3) is 6.08 Å². The predicted molar refractivity (Wildman–Crippen MR) is 155 cm³/mol. The van der Waals surface area contributed by atoms with Crippen molar-refractivity contribution in [2.45, 2.75) is 51.8 Å². The van der Waals surface area contributed by atoms with Crippen molar-refractivity contribution in [1.29, 1.82) is 10.8 Å². The fourth-order valence-corrected chi connectivity index (χ4v) is 4.53. The third-order valence-corrected chi connectivity index (χ3v) is 6.74. The lowest BCUT2D eigenvalue weighted by molar-refractivity contribution is -0.144. The maximum Gasteiger partial charge on any atom is 0.420 e. The molecule has 9 nitrogen and oxygen atoms in total. The van der Waals surface area contributed by atoms with Gasteiger partial charge in [-0.05, 0) is 43.7 Å². The van der Waals surface area contributed by atoms with Crippen molar-refractivity contribution >= 4 is 35.3 Å². The molecule has 1 aliphatic heterocycles. The second-order valence-electron chi connectivity index (χ2n) is 9.82. The Morgan fingerprint density at radius 3 is 2.45 bits per heavy atom. The number of carbonyl (C=O) groups excluding carboxylic acids is 2. The Labute approximate surface area is 243 Å². The summed E-state index contributed by atoms with van der Waals surface area (Å²) in [5.41, 5.74) is 5.73. The molecule has 12 heteroatoms. The smallest absolute Gasteiger partial charge is 0.420 e. The van der Waals surface area contributed by atoms with Crippen LogP contribution >= 0.6 is 0 Å². The number of anilines is 1. The van der Waals surface area contributed by atoms with Crippen LogP contribution in [0.15, 0.2) is 48.5 Å². The normalized spacial score (nSPS) is 14.1. The van der Waals surface area contributed by atoms with Crippen molar-refractivity contribution in [2.75, 3.05) is 31.1 Å². The van der Waals surface area contributed by atoms with E-state index in [9.17, 15) is 22.8 Å². The minimum atomic E-state index is -4.75. The highest BCUT2D eigenvalue weighted by atomic mass is 19.4. The Kier molecular flexibility index (Phi) is 11.1. The van der Waals surface area contributed by atoms with E-state index in [1.807, 2.05) is 4.90 Å². The molecule has 0 atom stereocenters. The summed E-state index contributed by atoms with van der Waals surface area (Å²) in [6, 6.07) is 10.3. The number of benzene rings is 2. The zero-order valence-corrected chi connectivity index (χ0v) is 23.7. The highest BCUT2D eigenvalue weighted by molar-refractivity contribution is 5.96. The van der Waals surface area contributed by atoms with Gasteiger partial charge in [0.05, 0.1) is 24.4 Å². The van der Waals surface area contributed by atoms with Gasteiger partial charge in [-0.15, -0.1) is 0 Å². The summed E-state index contributed by atoms with van der Waals surface area (Å²) < 4.78 is 53.3. The third-order valence-electron chi connectivity index (χ3n) is 6.74. The standard InChI is InChI=1S/C30H36F3N5O4/c1-3-41-28(40)12-11-27(39)38(15-5-7-21-6-4-8-22(18-21)29(35)36)23-9-10-26(25(19-23)30(31,32)33)42-24-13-16-37(17-14-24)20(2)34/h4-10,18-19,24,34H,3,11-17H2,1-2H3,(H3,35,36)/b7-5-,34-20?. The topological polar surface area (TPSA) is 133 Å². The van der Waals surface area contributed by atoms with E-state index in [1.165, 1.54) is 17.0 Å². The van der Waals surface area contributed by atoms with Gasteiger partial charge in [-0.2, -0.15) is 13.2 Å². The van der Waals surface area contributed by atoms with Crippen LogP contribution < -0.4 is 15.4 Å². The second-order valence-corrected chi connectivity index (χ2v) is 9.82. The molecule has 3 rings (SSSR count). The van der Waals surface area contributed by atoms with Crippen LogP contribution in [0.3, 0.4) is 0 Å². The molecule has 1 amide bonds. The van der Waals surface area contributed by atoms with Gasteiger partial charge >= 0.3 is 12.1 Å². The Balaban J connectivity index is 1.87. The van der Waals surface area contributed by atoms with E-state index in [4.69, 9.17) is 26.0 Å². The number of rotatable bonds is 11. The van der Waals surface area contributed by atoms with E-state index in [0.29, 0.717) is 42.9 Å². The number of hydrogen-bond acceptors (Lipinski definition) is 6. The first kappa shape index (κ1) is 32.2. The Morgan fingerprint density at radius 1 is 1.12 bits per heavy atom. The molecular weight excluding hydrogens is 551 g/mol. The molecule has 0 unspecified atom stereocenters. The summed E-state index contributed by atoms with van der Waals surface area (Å²) in [6.45, 7) is 4.41. The number of carbonyl (C=O) groups is 2. The Hall–Kier alpha value is -4.35. The number of likely N-dealkylation sites (tertiary alicyclic amines) is 1. The average Bonchev–Trinajstić information content (AvgIpc) is 2.94. The van der Waals surface area contributed by atoms with Gasteiger partial charge in [0.1, 0.15) is 17.7 Å². The van der Waals surface area contributed by atoms with Crippen LogP contribution in [0.4, 0.5) is 18.9 Å². The van der Waals surface area contributed by atoms with Crippen LogP contribution in [-0.2, 0) is 20.5 Å². The van der Waals surface area contributed by atoms with E-state index in [1.54, 1.807) is 50.3 Å². The molecule has 2 aromatic rings. The molecule has 2 aromatic carbocycles. The lowest BCUT2D eigenvalue weighted by Gasteiger charge is -2.33. The Bertz CT molecular complexity index is 1320. The highest BCUT2D eigenvalue weighted by Gasteiger charge is 2.36. The van der Waals surface area contributed by atoms with Gasteiger partial charge in [0, 0.05) is 50.1 Å². The van der Waals surface area contributed by atoms with Gasteiger partial charge in [0.2, 0.25) is 5.91 Å². The zero-order valence-electron chi connectivity index (χ0n) is 23.7. The van der Waals surface area contributed by atoms with Crippen LogP contribution in [0, 0.1) is 10.8 Å². The minimum Gasteiger partial charge on any atom is -0.490 e. The predicted octanol–water partition coefficient (Wildman–Crippen LogP) is 5.22. The average molecular weight is 588 g/mol. The molecule has 1 fully saturated rings. The number of nitrogen functional groups attached to an aromatic ring is 1. The molecule has 1 aliphatic rings. The van der Waals surface area contributed by atoms with Gasteiger partial charge in [-0.25, -0.2) is 0 Å². The molecule has 0 spiro atoms. The van der Waals surface area contributed by atoms with Crippen LogP contribution in [-0.4, -0.2) is 60.8 Å². The van der Waals surface area contributed by atoms with Crippen LogP contribution in [0.2, 0.25) is 0 Å². The monoisotopic (exact) mass is 587 g/mol. The number of nitrogens with two attached hydrogens (primary N) is 1. The first-order valence-corrected chi connectivity index (χ1v) is 13.6. The Morgan fingerprint density at radius 2 is 1.83 bits per heavy atom. The first-order valence-electron chi connectivity index (χ1n) is 13.6. The number of hydrogen-bond donors (Lipinski definition) is 3. The molecule has 1 heterocycles. The van der Waals surface area contributed by atoms with Crippen molar-refractivity contribution in [3.05, 3.63) is 65.2 Å². The van der Waals surface area contributed by atoms with Crippen LogP contribution in [0.5, 0.6) is 5.75 Å². The molecule has 1 saturated heterocycles. The van der Waals surface area contributed by atoms with Crippen molar-refractivity contribution in [3.63, 3.8) is 0 Å². The molecule has 0 radical (unpaired) electrons. The maximum absolute atomic E-state index is 14.2. The van der Waals surface area contributed by atoms with Gasteiger partial charge in [0.15, 0.2) is 0 Å². The number of piperidine rings is 1. The van der Waals surface area contributed by atoms with Gasteiger partial charge in [0.25, 0.3) is 0 Å². The number of nitrogens with one attached hydrogen (secondary N) is 2. The first-order chi connectivity index (χ1) is 19.9. The van der Waals surface area contributed by atoms with Crippen molar-refractivity contribution in [2.24, 2.45) is 5.73 Å². The SMILES string of the molecule is CCOC(=O)CCC(=O)N(C/C=C\c1cccc(C(=N)N)c1)c1ccc(OC2CCN(C(C)=N)CC2)c(C(F)(F)F)c1. The molecular formula is C30H36F3N5O4. The van der Waals surface area contributed by atoms with Crippen molar-refractivity contribution in [1.82, 2.24) is 4.90 Å². The summed E-state index contributed by atoms with van der Waals surface area (Å²) in [5.74, 6) is -1.17. The summed E-state index contributed by atoms with van der Waals surface area (Å²) in [7, 11) is 0. The van der Waals surface area contributed by atoms with E-state index in [-0.39, 0.29) is 43.3 Å². The number of alkyl halides is 3. The van der Waals surface area contributed by atoms with Gasteiger partial charge in [-0.1, -0.05) is 30.4 Å². The quantitative estimate of drug-likeness (QED) is 0.188. The number of esters is 1. The van der Waals surface area contributed by atoms with E-state index in [2.05, 4.69) is 0 Å². The zero-order chi connectivity index (χ0) is 30.9. The van der Waals surface area contributed by atoms with Crippen molar-refractivity contribution in [3.8, 4) is 5.75 Å². The molecule has 0 aromatic heterocycles. The van der Waals surface area contributed by atoms with E-state index >= 15 is 0 Å². The summed E-state index contributed by atoms with van der Waals surface area (Å²) in [5, 5.41) is 15.3. The molecule has 0 saturated carbocycles. The van der Waals surface area contributed by atoms with E-state index in [0.717, 1.165) is 6.07 Å². The lowest BCUT2D eigenvalue weighted by Crippen LogP contribution is -2.40. The second kappa shape index (κ2) is 14.5. The minimum absolute atomic E-state index is 0.0000734. The fourth-order valence-electron chi connectivity index (χ4n) is 4.53. The largest absolute Gasteiger partial charge is 0.490 e. The van der Waals surface area contributed by atoms with Gasteiger partial charge in [-0.3, -0.25) is 20.4 Å². The number of nitrogens with zero attached hydrogens (tertiary/aromatic N) is 2. The number of amidine groups is 2. The molecule has 4 N–H and O–H groups in total. The van der Waals surface area contributed by atoms with E-state index < -0.39 is 29.7 Å². The van der Waals surface area contributed by atoms with Gasteiger partial charge < -0.3 is 25.0 Å². The maximum atomic E-state index is 14.2. The molecule has 0 bridgehead atoms. The number of ether oxygens (including phenoxy) is 2. The lowest BCUT2D eigenvalue weighted by atomic mass is 10.1. The number of amides is 1. The summed E-state index contributed by atoms with van der Waals surface area (Å²) in [6.07, 6.45) is -1.43. The molecule has 0 aliphatic carbocycles. The van der Waals surface area contributed by atoms with Crippen LogP contribution in [0.1, 0.15) is 56.2 Å².